The van der Waals surface area contributed by atoms with Crippen LogP contribution in [0.15, 0.2) is 114 Å². The van der Waals surface area contributed by atoms with Crippen molar-refractivity contribution in [3.05, 3.63) is 137 Å². The summed E-state index contributed by atoms with van der Waals surface area (Å²) >= 11 is 0. The van der Waals surface area contributed by atoms with Crippen LogP contribution in [0.2, 0.25) is 0 Å². The third-order valence-corrected chi connectivity index (χ3v) is 9.07. The Morgan fingerprint density at radius 1 is 0.744 bits per heavy atom. The van der Waals surface area contributed by atoms with E-state index in [1.54, 1.807) is 28.6 Å². The molecule has 0 bridgehead atoms. The molecule has 1 aliphatic rings. The van der Waals surface area contributed by atoms with Gasteiger partial charge in [0, 0.05) is 38.3 Å². The van der Waals surface area contributed by atoms with Gasteiger partial charge in [-0.1, -0.05) is 90.5 Å². The molecule has 1 atom stereocenters. The molecule has 1 aliphatic heterocycles. The van der Waals surface area contributed by atoms with E-state index in [2.05, 4.69) is 34.5 Å². The minimum atomic E-state index is -3.46. The van der Waals surface area contributed by atoms with Gasteiger partial charge in [0.2, 0.25) is 10.0 Å². The summed E-state index contributed by atoms with van der Waals surface area (Å²) in [6.07, 6.45) is 0. The third-order valence-electron chi connectivity index (χ3n) is 7.15. The summed E-state index contributed by atoms with van der Waals surface area (Å²) in [5.41, 5.74) is 4.92. The summed E-state index contributed by atoms with van der Waals surface area (Å²) in [4.78, 5) is 15.8. The lowest BCUT2D eigenvalue weighted by atomic mass is 9.97. The van der Waals surface area contributed by atoms with Crippen LogP contribution in [0.1, 0.15) is 38.7 Å². The largest absolute Gasteiger partial charge is 0.341 e. The normalized spacial score (nSPS) is 15.5. The molecule has 4 aromatic carbocycles. The predicted octanol–water partition coefficient (Wildman–Crippen LogP) is 5.02. The molecule has 1 N–H and O–H groups in total. The van der Waals surface area contributed by atoms with Crippen LogP contribution in [0.5, 0.6) is 0 Å². The zero-order chi connectivity index (χ0) is 27.2. The second-order valence-electron chi connectivity index (χ2n) is 9.92. The van der Waals surface area contributed by atoms with Gasteiger partial charge in [0.25, 0.3) is 5.91 Å². The Bertz CT molecular complexity index is 1480. The van der Waals surface area contributed by atoms with E-state index in [1.165, 1.54) is 5.56 Å². The standard InChI is InChI=1S/C32H33N3O3S/c1-25-12-16-28(17-13-25)31(27-8-4-2-5-9-27)33-32(36)29-18-14-26(15-19-29)24-34-20-22-35(23-21-34)39(37,38)30-10-6-3-7-11-30/h2-19,31H,20-24H2,1H3,(H,33,36)/t31-/m0/s1. The molecular formula is C32H33N3O3S. The maximum absolute atomic E-state index is 13.2. The molecule has 39 heavy (non-hydrogen) atoms. The van der Waals surface area contributed by atoms with Crippen molar-refractivity contribution in [2.75, 3.05) is 26.2 Å². The van der Waals surface area contributed by atoms with E-state index >= 15 is 0 Å². The van der Waals surface area contributed by atoms with Gasteiger partial charge >= 0.3 is 0 Å². The number of hydrogen-bond donors (Lipinski definition) is 1. The van der Waals surface area contributed by atoms with Gasteiger partial charge in [-0.25, -0.2) is 8.42 Å². The molecule has 0 aliphatic carbocycles. The fraction of sp³-hybridized carbons (Fsp3) is 0.219. The minimum Gasteiger partial charge on any atom is -0.341 e. The summed E-state index contributed by atoms with van der Waals surface area (Å²) in [6, 6.07) is 34.2. The maximum Gasteiger partial charge on any atom is 0.252 e. The van der Waals surface area contributed by atoms with Gasteiger partial charge in [0.15, 0.2) is 0 Å². The summed E-state index contributed by atoms with van der Waals surface area (Å²) in [6.45, 7) is 4.98. The van der Waals surface area contributed by atoms with Gasteiger partial charge in [0.05, 0.1) is 10.9 Å². The molecule has 1 amide bonds. The zero-order valence-electron chi connectivity index (χ0n) is 22.0. The summed E-state index contributed by atoms with van der Waals surface area (Å²) in [5.74, 6) is -0.129. The first kappa shape index (κ1) is 26.8. The first-order valence-corrected chi connectivity index (χ1v) is 14.6. The molecular weight excluding hydrogens is 506 g/mol. The lowest BCUT2D eigenvalue weighted by Gasteiger charge is -2.34. The summed E-state index contributed by atoms with van der Waals surface area (Å²) < 4.78 is 27.3. The average Bonchev–Trinajstić information content (AvgIpc) is 2.98. The van der Waals surface area contributed by atoms with Gasteiger partial charge < -0.3 is 5.32 Å². The number of amides is 1. The Kier molecular flexibility index (Phi) is 8.21. The molecule has 7 heteroatoms. The van der Waals surface area contributed by atoms with Crippen molar-refractivity contribution in [2.24, 2.45) is 0 Å². The fourth-order valence-corrected chi connectivity index (χ4v) is 6.31. The van der Waals surface area contributed by atoms with Gasteiger partial charge in [-0.2, -0.15) is 4.31 Å². The van der Waals surface area contributed by atoms with Crippen LogP contribution < -0.4 is 5.32 Å². The molecule has 6 nitrogen and oxygen atoms in total. The molecule has 1 heterocycles. The Balaban J connectivity index is 1.20. The fourth-order valence-electron chi connectivity index (χ4n) is 4.87. The van der Waals surface area contributed by atoms with Crippen LogP contribution in [0.3, 0.4) is 0 Å². The Labute approximate surface area is 231 Å². The molecule has 1 saturated heterocycles. The van der Waals surface area contributed by atoms with Crippen molar-refractivity contribution >= 4 is 15.9 Å². The number of benzene rings is 4. The zero-order valence-corrected chi connectivity index (χ0v) is 22.8. The van der Waals surface area contributed by atoms with Crippen molar-refractivity contribution in [1.82, 2.24) is 14.5 Å². The lowest BCUT2D eigenvalue weighted by Crippen LogP contribution is -2.48. The van der Waals surface area contributed by atoms with Crippen molar-refractivity contribution in [3.8, 4) is 0 Å². The van der Waals surface area contributed by atoms with E-state index in [9.17, 15) is 13.2 Å². The number of carbonyl (C=O) groups is 1. The number of hydrogen-bond acceptors (Lipinski definition) is 4. The topological polar surface area (TPSA) is 69.7 Å². The van der Waals surface area contributed by atoms with Gasteiger partial charge in [-0.05, 0) is 47.9 Å². The first-order valence-electron chi connectivity index (χ1n) is 13.2. The molecule has 0 spiro atoms. The van der Waals surface area contributed by atoms with Crippen LogP contribution >= 0.6 is 0 Å². The number of aryl methyl sites for hydroxylation is 1. The van der Waals surface area contributed by atoms with Crippen molar-refractivity contribution in [2.45, 2.75) is 24.4 Å². The Hall–Kier alpha value is -3.78. The molecule has 0 unspecified atom stereocenters. The quantitative estimate of drug-likeness (QED) is 0.341. The Morgan fingerprint density at radius 3 is 1.92 bits per heavy atom. The van der Waals surface area contributed by atoms with Crippen molar-refractivity contribution in [3.63, 3.8) is 0 Å². The third kappa shape index (κ3) is 6.45. The van der Waals surface area contributed by atoms with E-state index in [0.717, 1.165) is 16.7 Å². The van der Waals surface area contributed by atoms with Gasteiger partial charge in [-0.15, -0.1) is 0 Å². The highest BCUT2D eigenvalue weighted by molar-refractivity contribution is 7.89. The molecule has 0 radical (unpaired) electrons. The second-order valence-corrected chi connectivity index (χ2v) is 11.9. The molecule has 4 aromatic rings. The molecule has 0 saturated carbocycles. The number of nitrogens with one attached hydrogen (secondary N) is 1. The number of nitrogens with zero attached hydrogens (tertiary/aromatic N) is 2. The molecule has 5 rings (SSSR count). The average molecular weight is 540 g/mol. The monoisotopic (exact) mass is 539 g/mol. The van der Waals surface area contributed by atoms with Crippen molar-refractivity contribution in [1.29, 1.82) is 0 Å². The lowest BCUT2D eigenvalue weighted by molar-refractivity contribution is 0.0943. The first-order chi connectivity index (χ1) is 18.9. The van der Waals surface area contributed by atoms with Crippen LogP contribution in [-0.4, -0.2) is 49.7 Å². The highest BCUT2D eigenvalue weighted by Crippen LogP contribution is 2.23. The smallest absolute Gasteiger partial charge is 0.252 e. The van der Waals surface area contributed by atoms with Gasteiger partial charge in [-0.3, -0.25) is 9.69 Å². The van der Waals surface area contributed by atoms with E-state index < -0.39 is 10.0 Å². The molecule has 1 fully saturated rings. The van der Waals surface area contributed by atoms with Crippen LogP contribution in [-0.2, 0) is 16.6 Å². The Morgan fingerprint density at radius 2 is 1.31 bits per heavy atom. The molecule has 200 valence electrons. The van der Waals surface area contributed by atoms with Crippen LogP contribution in [0.25, 0.3) is 0 Å². The summed E-state index contributed by atoms with van der Waals surface area (Å²) in [5, 5.41) is 3.21. The number of carbonyl (C=O) groups excluding carboxylic acids is 1. The van der Waals surface area contributed by atoms with E-state index in [0.29, 0.717) is 43.2 Å². The highest BCUT2D eigenvalue weighted by atomic mass is 32.2. The van der Waals surface area contributed by atoms with E-state index in [-0.39, 0.29) is 11.9 Å². The van der Waals surface area contributed by atoms with Gasteiger partial charge in [0.1, 0.15) is 0 Å². The number of rotatable bonds is 8. The SMILES string of the molecule is Cc1ccc([C@@H](NC(=O)c2ccc(CN3CCN(S(=O)(=O)c4ccccc4)CC3)cc2)c2ccccc2)cc1. The van der Waals surface area contributed by atoms with Crippen LogP contribution in [0.4, 0.5) is 0 Å². The maximum atomic E-state index is 13.2. The minimum absolute atomic E-state index is 0.129. The number of piperazine rings is 1. The van der Waals surface area contributed by atoms with E-state index in [1.807, 2.05) is 67.6 Å². The van der Waals surface area contributed by atoms with E-state index in [4.69, 9.17) is 0 Å². The second kappa shape index (κ2) is 11.9. The molecule has 0 aromatic heterocycles. The van der Waals surface area contributed by atoms with Crippen LogP contribution in [0, 0.1) is 6.92 Å². The predicted molar refractivity (Wildman–Crippen MR) is 154 cm³/mol. The summed E-state index contributed by atoms with van der Waals surface area (Å²) in [7, 11) is -3.46. The highest BCUT2D eigenvalue weighted by Gasteiger charge is 2.28. The van der Waals surface area contributed by atoms with Crippen molar-refractivity contribution < 1.29 is 13.2 Å². The number of sulfonamides is 1.